The van der Waals surface area contributed by atoms with Crippen LogP contribution in [-0.2, 0) is 0 Å². The fourth-order valence-electron chi connectivity index (χ4n) is 2.52. The molecule has 2 aromatic carbocycles. The molecule has 6 heteroatoms. The second kappa shape index (κ2) is 6.95. The van der Waals surface area contributed by atoms with Crippen LogP contribution in [0.3, 0.4) is 0 Å². The maximum atomic E-state index is 11.1. The summed E-state index contributed by atoms with van der Waals surface area (Å²) in [7, 11) is 0. The molecular formula is C18H17N3O3. The Bertz CT molecular complexity index is 880. The highest BCUT2D eigenvalue weighted by atomic mass is 16.6. The van der Waals surface area contributed by atoms with E-state index < -0.39 is 4.92 Å². The number of aryl methyl sites for hydroxylation is 1. The van der Waals surface area contributed by atoms with E-state index in [0.717, 1.165) is 17.0 Å². The van der Waals surface area contributed by atoms with Crippen LogP contribution in [0.5, 0.6) is 5.75 Å². The summed E-state index contributed by atoms with van der Waals surface area (Å²) < 4.78 is 5.74. The number of fused-ring (bicyclic) bond motifs is 1. The van der Waals surface area contributed by atoms with Gasteiger partial charge < -0.3 is 10.1 Å². The topological polar surface area (TPSA) is 77.3 Å². The number of hydrogen-bond donors (Lipinski definition) is 1. The molecule has 0 aliphatic heterocycles. The van der Waals surface area contributed by atoms with Gasteiger partial charge in [-0.05, 0) is 36.8 Å². The number of hydrogen-bond acceptors (Lipinski definition) is 5. The van der Waals surface area contributed by atoms with E-state index in [4.69, 9.17) is 4.74 Å². The molecule has 0 aliphatic rings. The van der Waals surface area contributed by atoms with Crippen molar-refractivity contribution in [3.63, 3.8) is 0 Å². The third-order valence-electron chi connectivity index (χ3n) is 3.71. The molecule has 0 unspecified atom stereocenters. The highest BCUT2D eigenvalue weighted by Crippen LogP contribution is 2.29. The summed E-state index contributed by atoms with van der Waals surface area (Å²) in [5.41, 5.74) is 2.48. The Morgan fingerprint density at radius 3 is 2.79 bits per heavy atom. The van der Waals surface area contributed by atoms with Crippen LogP contribution in [0.1, 0.15) is 5.56 Å². The van der Waals surface area contributed by atoms with Gasteiger partial charge in [-0.3, -0.25) is 15.1 Å². The molecule has 1 N–H and O–H groups in total. The van der Waals surface area contributed by atoms with Crippen LogP contribution in [0.2, 0.25) is 0 Å². The molecule has 0 saturated carbocycles. The molecule has 24 heavy (non-hydrogen) atoms. The van der Waals surface area contributed by atoms with Crippen molar-refractivity contribution in [1.82, 2.24) is 4.98 Å². The quantitative estimate of drug-likeness (QED) is 0.422. The van der Waals surface area contributed by atoms with Gasteiger partial charge in [-0.1, -0.05) is 18.2 Å². The Morgan fingerprint density at radius 2 is 2.00 bits per heavy atom. The average molecular weight is 323 g/mol. The van der Waals surface area contributed by atoms with E-state index in [1.54, 1.807) is 24.4 Å². The number of nitro benzene ring substituents is 1. The van der Waals surface area contributed by atoms with Gasteiger partial charge in [0.25, 0.3) is 5.69 Å². The standard InChI is InChI=1S/C18H17N3O3/c1-13-5-2-3-7-17(13)24-12-11-19-15-8-9-16(21(22)23)14-6-4-10-20-18(14)15/h2-10,19H,11-12H2,1H3. The van der Waals surface area contributed by atoms with Crippen molar-refractivity contribution in [1.29, 1.82) is 0 Å². The minimum atomic E-state index is -0.394. The third kappa shape index (κ3) is 3.27. The van der Waals surface area contributed by atoms with Crippen LogP contribution < -0.4 is 10.1 Å². The zero-order chi connectivity index (χ0) is 16.9. The number of nitrogens with zero attached hydrogens (tertiary/aromatic N) is 2. The Kier molecular flexibility index (Phi) is 4.56. The van der Waals surface area contributed by atoms with Crippen LogP contribution in [0, 0.1) is 17.0 Å². The monoisotopic (exact) mass is 323 g/mol. The lowest BCUT2D eigenvalue weighted by molar-refractivity contribution is -0.383. The van der Waals surface area contributed by atoms with Crippen LogP contribution in [0.25, 0.3) is 10.9 Å². The lowest BCUT2D eigenvalue weighted by Gasteiger charge is -2.11. The Hall–Kier alpha value is -3.15. The number of aromatic nitrogens is 1. The molecule has 0 saturated heterocycles. The van der Waals surface area contributed by atoms with Gasteiger partial charge in [0.1, 0.15) is 17.9 Å². The summed E-state index contributed by atoms with van der Waals surface area (Å²) in [6.45, 7) is 3.05. The van der Waals surface area contributed by atoms with E-state index in [1.807, 2.05) is 31.2 Å². The Morgan fingerprint density at radius 1 is 1.17 bits per heavy atom. The van der Waals surface area contributed by atoms with Crippen LogP contribution in [0.4, 0.5) is 11.4 Å². The number of pyridine rings is 1. The second-order valence-corrected chi connectivity index (χ2v) is 5.33. The molecule has 0 fully saturated rings. The van der Waals surface area contributed by atoms with E-state index in [9.17, 15) is 10.1 Å². The van der Waals surface area contributed by atoms with Gasteiger partial charge in [-0.15, -0.1) is 0 Å². The molecule has 0 atom stereocenters. The number of anilines is 1. The average Bonchev–Trinajstić information content (AvgIpc) is 2.59. The molecule has 6 nitrogen and oxygen atoms in total. The lowest BCUT2D eigenvalue weighted by Crippen LogP contribution is -2.12. The molecule has 0 radical (unpaired) electrons. The number of benzene rings is 2. The normalized spacial score (nSPS) is 10.5. The van der Waals surface area contributed by atoms with Gasteiger partial charge in [-0.25, -0.2) is 0 Å². The molecule has 3 rings (SSSR count). The summed E-state index contributed by atoms with van der Waals surface area (Å²) in [5, 5.41) is 14.9. The van der Waals surface area contributed by atoms with E-state index in [-0.39, 0.29) is 5.69 Å². The fourth-order valence-corrected chi connectivity index (χ4v) is 2.52. The first-order valence-corrected chi connectivity index (χ1v) is 7.61. The van der Waals surface area contributed by atoms with Gasteiger partial charge >= 0.3 is 0 Å². The molecule has 122 valence electrons. The Labute approximate surface area is 139 Å². The van der Waals surface area contributed by atoms with Crippen molar-refractivity contribution in [2.45, 2.75) is 6.92 Å². The molecule has 0 spiro atoms. The molecule has 1 heterocycles. The summed E-state index contributed by atoms with van der Waals surface area (Å²) in [6, 6.07) is 14.4. The highest BCUT2D eigenvalue weighted by Gasteiger charge is 2.14. The maximum Gasteiger partial charge on any atom is 0.278 e. The van der Waals surface area contributed by atoms with Crippen molar-refractivity contribution < 1.29 is 9.66 Å². The minimum Gasteiger partial charge on any atom is -0.491 e. The third-order valence-corrected chi connectivity index (χ3v) is 3.71. The zero-order valence-corrected chi connectivity index (χ0v) is 13.2. The molecule has 0 aliphatic carbocycles. The van der Waals surface area contributed by atoms with Crippen LogP contribution in [-0.4, -0.2) is 23.1 Å². The minimum absolute atomic E-state index is 0.0554. The zero-order valence-electron chi connectivity index (χ0n) is 13.2. The number of non-ortho nitro benzene ring substituents is 1. The summed E-state index contributed by atoms with van der Waals surface area (Å²) in [5.74, 6) is 0.853. The Balaban J connectivity index is 1.71. The number of nitro groups is 1. The SMILES string of the molecule is Cc1ccccc1OCCNc1ccc([N+](=O)[O-])c2cccnc12. The molecule has 0 amide bonds. The largest absolute Gasteiger partial charge is 0.491 e. The van der Waals surface area contributed by atoms with E-state index in [0.29, 0.717) is 24.1 Å². The van der Waals surface area contributed by atoms with Gasteiger partial charge in [0.2, 0.25) is 0 Å². The van der Waals surface area contributed by atoms with Gasteiger partial charge in [-0.2, -0.15) is 0 Å². The van der Waals surface area contributed by atoms with Crippen molar-refractivity contribution >= 4 is 22.3 Å². The summed E-state index contributed by atoms with van der Waals surface area (Å²) in [6.07, 6.45) is 1.63. The van der Waals surface area contributed by atoms with Gasteiger partial charge in [0.15, 0.2) is 0 Å². The molecular weight excluding hydrogens is 306 g/mol. The first kappa shape index (κ1) is 15.7. The van der Waals surface area contributed by atoms with E-state index in [2.05, 4.69) is 10.3 Å². The van der Waals surface area contributed by atoms with Crippen LogP contribution in [0.15, 0.2) is 54.7 Å². The number of para-hydroxylation sites is 1. The second-order valence-electron chi connectivity index (χ2n) is 5.33. The molecule has 1 aromatic heterocycles. The molecule has 0 bridgehead atoms. The lowest BCUT2D eigenvalue weighted by atomic mass is 10.1. The van der Waals surface area contributed by atoms with Crippen molar-refractivity contribution in [3.05, 3.63) is 70.4 Å². The van der Waals surface area contributed by atoms with Gasteiger partial charge in [0.05, 0.1) is 16.0 Å². The summed E-state index contributed by atoms with van der Waals surface area (Å²) in [4.78, 5) is 15.0. The van der Waals surface area contributed by atoms with E-state index in [1.165, 1.54) is 6.07 Å². The van der Waals surface area contributed by atoms with Crippen molar-refractivity contribution in [3.8, 4) is 5.75 Å². The van der Waals surface area contributed by atoms with Gasteiger partial charge in [0, 0.05) is 18.8 Å². The van der Waals surface area contributed by atoms with Crippen molar-refractivity contribution in [2.75, 3.05) is 18.5 Å². The van der Waals surface area contributed by atoms with E-state index >= 15 is 0 Å². The predicted molar refractivity (Wildman–Crippen MR) is 93.6 cm³/mol. The molecule has 3 aromatic rings. The smallest absolute Gasteiger partial charge is 0.278 e. The number of rotatable bonds is 6. The summed E-state index contributed by atoms with van der Waals surface area (Å²) >= 11 is 0. The predicted octanol–water partition coefficient (Wildman–Crippen LogP) is 3.94. The first-order chi connectivity index (χ1) is 11.7. The van der Waals surface area contributed by atoms with Crippen LogP contribution >= 0.6 is 0 Å². The number of ether oxygens (including phenoxy) is 1. The number of nitrogens with one attached hydrogen (secondary N) is 1. The fraction of sp³-hybridized carbons (Fsp3) is 0.167. The maximum absolute atomic E-state index is 11.1. The highest BCUT2D eigenvalue weighted by molar-refractivity contribution is 5.96. The first-order valence-electron chi connectivity index (χ1n) is 7.61. The van der Waals surface area contributed by atoms with Crippen molar-refractivity contribution in [2.24, 2.45) is 0 Å².